The molecule has 1 aromatic carbocycles. The number of carboxylic acids is 1. The van der Waals surface area contributed by atoms with Crippen LogP contribution in [0.3, 0.4) is 0 Å². The smallest absolute Gasteiger partial charge is 0.323 e. The lowest BCUT2D eigenvalue weighted by Crippen LogP contribution is -2.07. The first-order valence-electron chi connectivity index (χ1n) is 4.62. The number of carbonyl (C=O) groups is 1. The average molecular weight is 205 g/mol. The highest BCUT2D eigenvalue weighted by atomic mass is 16.4. The lowest BCUT2D eigenvalue weighted by Gasteiger charge is -1.99. The Balaban J connectivity index is 2.59. The SMILES string of the molecule is O=C(O)Cn1cc(CO)c2ccccc21. The highest BCUT2D eigenvalue weighted by Gasteiger charge is 2.08. The molecule has 4 nitrogen and oxygen atoms in total. The molecule has 0 aliphatic carbocycles. The molecule has 2 rings (SSSR count). The molecule has 2 N–H and O–H groups in total. The Morgan fingerprint density at radius 3 is 2.73 bits per heavy atom. The van der Waals surface area contributed by atoms with E-state index in [1.165, 1.54) is 0 Å². The van der Waals surface area contributed by atoms with Gasteiger partial charge in [0.05, 0.1) is 6.61 Å². The lowest BCUT2D eigenvalue weighted by molar-refractivity contribution is -0.137. The van der Waals surface area contributed by atoms with E-state index in [0.29, 0.717) is 0 Å². The van der Waals surface area contributed by atoms with Gasteiger partial charge in [-0.15, -0.1) is 0 Å². The van der Waals surface area contributed by atoms with Crippen LogP contribution in [0, 0.1) is 0 Å². The lowest BCUT2D eigenvalue weighted by atomic mass is 10.2. The molecule has 0 aliphatic heterocycles. The van der Waals surface area contributed by atoms with Gasteiger partial charge < -0.3 is 14.8 Å². The van der Waals surface area contributed by atoms with E-state index in [-0.39, 0.29) is 13.2 Å². The Labute approximate surface area is 86.4 Å². The van der Waals surface area contributed by atoms with E-state index in [1.807, 2.05) is 24.3 Å². The maximum Gasteiger partial charge on any atom is 0.323 e. The van der Waals surface area contributed by atoms with Crippen molar-refractivity contribution in [3.63, 3.8) is 0 Å². The molecule has 0 radical (unpaired) electrons. The fourth-order valence-electron chi connectivity index (χ4n) is 1.73. The van der Waals surface area contributed by atoms with Crippen molar-refractivity contribution in [1.82, 2.24) is 4.57 Å². The van der Waals surface area contributed by atoms with Crippen LogP contribution in [0.25, 0.3) is 10.9 Å². The van der Waals surface area contributed by atoms with Gasteiger partial charge in [0, 0.05) is 22.7 Å². The maximum atomic E-state index is 10.6. The molecule has 0 amide bonds. The van der Waals surface area contributed by atoms with Crippen molar-refractivity contribution >= 4 is 16.9 Å². The maximum absolute atomic E-state index is 10.6. The molecule has 1 aromatic heterocycles. The van der Waals surface area contributed by atoms with Crippen LogP contribution in [0.15, 0.2) is 30.5 Å². The van der Waals surface area contributed by atoms with Crippen LogP contribution < -0.4 is 0 Å². The number of rotatable bonds is 3. The van der Waals surface area contributed by atoms with Gasteiger partial charge in [-0.2, -0.15) is 0 Å². The summed E-state index contributed by atoms with van der Waals surface area (Å²) < 4.78 is 1.63. The van der Waals surface area contributed by atoms with Crippen LogP contribution >= 0.6 is 0 Å². The summed E-state index contributed by atoms with van der Waals surface area (Å²) in [6, 6.07) is 7.44. The predicted molar refractivity (Wildman–Crippen MR) is 55.5 cm³/mol. The van der Waals surface area contributed by atoms with Crippen molar-refractivity contribution in [2.75, 3.05) is 0 Å². The number of carboxylic acid groups (broad SMARTS) is 1. The van der Waals surface area contributed by atoms with Crippen molar-refractivity contribution < 1.29 is 15.0 Å². The molecule has 0 unspecified atom stereocenters. The van der Waals surface area contributed by atoms with Crippen LogP contribution in [-0.2, 0) is 17.9 Å². The number of hydrogen-bond donors (Lipinski definition) is 2. The van der Waals surface area contributed by atoms with Gasteiger partial charge in [0.15, 0.2) is 0 Å². The zero-order chi connectivity index (χ0) is 10.8. The second-order valence-corrected chi connectivity index (χ2v) is 3.35. The summed E-state index contributed by atoms with van der Waals surface area (Å²) in [5, 5.41) is 18.8. The second kappa shape index (κ2) is 3.74. The average Bonchev–Trinajstić information content (AvgIpc) is 2.56. The fourth-order valence-corrected chi connectivity index (χ4v) is 1.73. The normalized spacial score (nSPS) is 10.7. The van der Waals surface area contributed by atoms with Crippen molar-refractivity contribution in [2.24, 2.45) is 0 Å². The molecular formula is C11H11NO3. The van der Waals surface area contributed by atoms with Gasteiger partial charge >= 0.3 is 5.97 Å². The first-order chi connectivity index (χ1) is 7.22. The molecule has 0 atom stereocenters. The Kier molecular flexibility index (Phi) is 2.43. The molecular weight excluding hydrogens is 194 g/mol. The van der Waals surface area contributed by atoms with Crippen molar-refractivity contribution in [3.8, 4) is 0 Å². The fraction of sp³-hybridized carbons (Fsp3) is 0.182. The van der Waals surface area contributed by atoms with E-state index in [9.17, 15) is 4.79 Å². The summed E-state index contributed by atoms with van der Waals surface area (Å²) in [5.41, 5.74) is 1.59. The van der Waals surface area contributed by atoms with Crippen LogP contribution in [0.4, 0.5) is 0 Å². The number of aliphatic carboxylic acids is 1. The first-order valence-corrected chi connectivity index (χ1v) is 4.62. The largest absolute Gasteiger partial charge is 0.480 e. The minimum atomic E-state index is -0.889. The third kappa shape index (κ3) is 1.71. The minimum absolute atomic E-state index is 0.0763. The Morgan fingerprint density at radius 1 is 1.33 bits per heavy atom. The molecule has 0 bridgehead atoms. The monoisotopic (exact) mass is 205 g/mol. The summed E-state index contributed by atoms with van der Waals surface area (Å²) in [7, 11) is 0. The Hall–Kier alpha value is -1.81. The van der Waals surface area contributed by atoms with Gasteiger partial charge in [0.2, 0.25) is 0 Å². The number of aliphatic hydroxyl groups excluding tert-OH is 1. The first kappa shape index (κ1) is 9.73. The molecule has 0 saturated heterocycles. The minimum Gasteiger partial charge on any atom is -0.480 e. The predicted octanol–water partition coefficient (Wildman–Crippen LogP) is 1.22. The molecule has 4 heteroatoms. The standard InChI is InChI=1S/C11H11NO3/c13-7-8-5-12(6-11(14)15)10-4-2-1-3-9(8)10/h1-5,13H,6-7H2,(H,14,15). The number of para-hydroxylation sites is 1. The zero-order valence-electron chi connectivity index (χ0n) is 8.05. The number of benzene rings is 1. The molecule has 78 valence electrons. The number of nitrogens with zero attached hydrogens (tertiary/aromatic N) is 1. The van der Waals surface area contributed by atoms with Gasteiger partial charge in [0.25, 0.3) is 0 Å². The van der Waals surface area contributed by atoms with Crippen molar-refractivity contribution in [3.05, 3.63) is 36.0 Å². The Morgan fingerprint density at radius 2 is 2.07 bits per heavy atom. The number of aromatic nitrogens is 1. The van der Waals surface area contributed by atoms with Crippen LogP contribution in [0.1, 0.15) is 5.56 Å². The van der Waals surface area contributed by atoms with Crippen molar-refractivity contribution in [1.29, 1.82) is 0 Å². The highest BCUT2D eigenvalue weighted by Crippen LogP contribution is 2.20. The van der Waals surface area contributed by atoms with Gasteiger partial charge in [-0.3, -0.25) is 4.79 Å². The topological polar surface area (TPSA) is 62.5 Å². The zero-order valence-corrected chi connectivity index (χ0v) is 8.05. The molecule has 0 spiro atoms. The van der Waals surface area contributed by atoms with Crippen molar-refractivity contribution in [2.45, 2.75) is 13.2 Å². The van der Waals surface area contributed by atoms with E-state index in [0.717, 1.165) is 16.5 Å². The van der Waals surface area contributed by atoms with Gasteiger partial charge in [-0.1, -0.05) is 18.2 Å². The van der Waals surface area contributed by atoms with Crippen LogP contribution in [0.5, 0.6) is 0 Å². The van der Waals surface area contributed by atoms with E-state index < -0.39 is 5.97 Å². The van der Waals surface area contributed by atoms with E-state index in [4.69, 9.17) is 10.2 Å². The van der Waals surface area contributed by atoms with E-state index in [1.54, 1.807) is 10.8 Å². The number of hydrogen-bond acceptors (Lipinski definition) is 2. The van der Waals surface area contributed by atoms with Gasteiger partial charge in [-0.05, 0) is 6.07 Å². The summed E-state index contributed by atoms with van der Waals surface area (Å²) in [4.78, 5) is 10.6. The molecule has 0 saturated carbocycles. The third-order valence-electron chi connectivity index (χ3n) is 2.35. The quantitative estimate of drug-likeness (QED) is 0.791. The van der Waals surface area contributed by atoms with Gasteiger partial charge in [-0.25, -0.2) is 0 Å². The summed E-state index contributed by atoms with van der Waals surface area (Å²) in [6.07, 6.45) is 1.68. The van der Waals surface area contributed by atoms with Crippen LogP contribution in [-0.4, -0.2) is 20.7 Å². The molecule has 0 fully saturated rings. The highest BCUT2D eigenvalue weighted by molar-refractivity contribution is 5.85. The second-order valence-electron chi connectivity index (χ2n) is 3.35. The van der Waals surface area contributed by atoms with Crippen LogP contribution in [0.2, 0.25) is 0 Å². The van der Waals surface area contributed by atoms with E-state index >= 15 is 0 Å². The number of fused-ring (bicyclic) bond motifs is 1. The van der Waals surface area contributed by atoms with E-state index in [2.05, 4.69) is 0 Å². The number of aliphatic hydroxyl groups is 1. The molecule has 2 aromatic rings. The summed E-state index contributed by atoms with van der Waals surface area (Å²) in [6.45, 7) is -0.159. The molecule has 1 heterocycles. The summed E-state index contributed by atoms with van der Waals surface area (Å²) in [5.74, 6) is -0.889. The third-order valence-corrected chi connectivity index (χ3v) is 2.35. The molecule has 15 heavy (non-hydrogen) atoms. The molecule has 0 aliphatic rings. The van der Waals surface area contributed by atoms with Gasteiger partial charge in [0.1, 0.15) is 6.54 Å². The Bertz CT molecular complexity index is 502. The summed E-state index contributed by atoms with van der Waals surface area (Å²) >= 11 is 0.